The lowest BCUT2D eigenvalue weighted by atomic mass is 10.1. The van der Waals surface area contributed by atoms with E-state index >= 15 is 0 Å². The normalized spacial score (nSPS) is 10.2. The van der Waals surface area contributed by atoms with Gasteiger partial charge >= 0.3 is 0 Å². The van der Waals surface area contributed by atoms with Crippen molar-refractivity contribution >= 4 is 27.9 Å². The van der Waals surface area contributed by atoms with Crippen molar-refractivity contribution < 1.29 is 9.72 Å². The Bertz CT molecular complexity index is 834. The van der Waals surface area contributed by atoms with Crippen molar-refractivity contribution in [3.05, 3.63) is 55.4 Å². The zero-order chi connectivity index (χ0) is 17.1. The second-order valence-corrected chi connectivity index (χ2v) is 6.19. The summed E-state index contributed by atoms with van der Waals surface area (Å²) in [5, 5.41) is 23.5. The largest absolute Gasteiger partial charge is 0.312 e. The van der Waals surface area contributed by atoms with Crippen molar-refractivity contribution in [2.45, 2.75) is 27.2 Å². The zero-order valence-corrected chi connectivity index (χ0v) is 13.8. The number of carbonyl (C=O) groups excluding carboxylic acids is 1. The summed E-state index contributed by atoms with van der Waals surface area (Å²) in [6.45, 7) is 5.39. The van der Waals surface area contributed by atoms with Crippen LogP contribution in [0.15, 0.2) is 18.2 Å². The van der Waals surface area contributed by atoms with E-state index in [1.807, 2.05) is 13.8 Å². The van der Waals surface area contributed by atoms with Crippen LogP contribution in [0.1, 0.15) is 38.8 Å². The highest BCUT2D eigenvalue weighted by Crippen LogP contribution is 2.33. The number of nitro groups is 1. The van der Waals surface area contributed by atoms with E-state index in [1.165, 1.54) is 36.5 Å². The van der Waals surface area contributed by atoms with E-state index in [2.05, 4.69) is 11.4 Å². The Morgan fingerprint density at radius 3 is 2.70 bits per heavy atom. The number of carbonyl (C=O) groups is 1. The van der Waals surface area contributed by atoms with Gasteiger partial charge in [-0.15, -0.1) is 11.3 Å². The van der Waals surface area contributed by atoms with Crippen LogP contribution in [0.3, 0.4) is 0 Å². The lowest BCUT2D eigenvalue weighted by Gasteiger charge is -2.07. The van der Waals surface area contributed by atoms with E-state index in [1.54, 1.807) is 0 Å². The van der Waals surface area contributed by atoms with Gasteiger partial charge in [0.05, 0.1) is 10.5 Å². The fourth-order valence-electron chi connectivity index (χ4n) is 2.45. The molecule has 6 nitrogen and oxygen atoms in total. The molecular formula is C16H15N3O3S. The summed E-state index contributed by atoms with van der Waals surface area (Å²) in [4.78, 5) is 23.9. The van der Waals surface area contributed by atoms with Gasteiger partial charge in [0.2, 0.25) is 0 Å². The van der Waals surface area contributed by atoms with Crippen molar-refractivity contribution in [1.29, 1.82) is 5.26 Å². The number of aryl methyl sites for hydroxylation is 1. The third-order valence-corrected chi connectivity index (χ3v) is 4.71. The molecule has 1 aromatic heterocycles. The SMILES string of the molecule is CCc1c(C)sc(NC(=O)c2cccc([N+](=O)[O-])c2C)c1C#N. The smallest absolute Gasteiger partial charge is 0.273 e. The number of amides is 1. The Morgan fingerprint density at radius 2 is 2.13 bits per heavy atom. The average molecular weight is 329 g/mol. The number of nitriles is 1. The molecule has 23 heavy (non-hydrogen) atoms. The van der Waals surface area contributed by atoms with Gasteiger partial charge in [0.25, 0.3) is 11.6 Å². The summed E-state index contributed by atoms with van der Waals surface area (Å²) in [5.74, 6) is -0.452. The minimum Gasteiger partial charge on any atom is -0.312 e. The first kappa shape index (κ1) is 16.6. The number of nitrogens with zero attached hydrogens (tertiary/aromatic N) is 2. The third-order valence-electron chi connectivity index (χ3n) is 3.65. The predicted octanol–water partition coefficient (Wildman–Crippen LogP) is 3.96. The molecule has 1 N–H and O–H groups in total. The van der Waals surface area contributed by atoms with E-state index in [-0.39, 0.29) is 11.3 Å². The Morgan fingerprint density at radius 1 is 1.43 bits per heavy atom. The predicted molar refractivity (Wildman–Crippen MR) is 88.9 cm³/mol. The number of benzene rings is 1. The van der Waals surface area contributed by atoms with Gasteiger partial charge in [0.15, 0.2) is 0 Å². The van der Waals surface area contributed by atoms with E-state index < -0.39 is 10.8 Å². The van der Waals surface area contributed by atoms with Crippen molar-refractivity contribution in [3.63, 3.8) is 0 Å². The summed E-state index contributed by atoms with van der Waals surface area (Å²) >= 11 is 1.34. The molecule has 1 heterocycles. The number of thiophene rings is 1. The molecule has 0 radical (unpaired) electrons. The minimum absolute atomic E-state index is 0.102. The number of nitro benzene ring substituents is 1. The molecule has 0 unspecified atom stereocenters. The van der Waals surface area contributed by atoms with E-state index in [0.717, 1.165) is 10.4 Å². The fourth-order valence-corrected chi connectivity index (χ4v) is 3.54. The monoisotopic (exact) mass is 329 g/mol. The van der Waals surface area contributed by atoms with Crippen LogP contribution in [-0.4, -0.2) is 10.8 Å². The molecule has 1 aromatic carbocycles. The molecule has 1 amide bonds. The summed E-state index contributed by atoms with van der Waals surface area (Å²) in [5.41, 5.74) is 1.81. The number of hydrogen-bond acceptors (Lipinski definition) is 5. The summed E-state index contributed by atoms with van der Waals surface area (Å²) < 4.78 is 0. The van der Waals surface area contributed by atoms with E-state index in [9.17, 15) is 20.2 Å². The van der Waals surface area contributed by atoms with E-state index in [4.69, 9.17) is 0 Å². The van der Waals surface area contributed by atoms with Crippen LogP contribution < -0.4 is 5.32 Å². The number of anilines is 1. The topological polar surface area (TPSA) is 96.0 Å². The molecule has 7 heteroatoms. The molecule has 0 aliphatic rings. The molecule has 0 fully saturated rings. The van der Waals surface area contributed by atoms with Crippen molar-refractivity contribution in [3.8, 4) is 6.07 Å². The van der Waals surface area contributed by atoms with Crippen LogP contribution in [0.4, 0.5) is 10.7 Å². The Balaban J connectivity index is 2.40. The summed E-state index contributed by atoms with van der Waals surface area (Å²) in [7, 11) is 0. The van der Waals surface area contributed by atoms with Gasteiger partial charge in [0.1, 0.15) is 11.1 Å². The molecular weight excluding hydrogens is 314 g/mol. The van der Waals surface area contributed by atoms with E-state index in [0.29, 0.717) is 22.5 Å². The maximum Gasteiger partial charge on any atom is 0.273 e. The second kappa shape index (κ2) is 6.58. The number of nitrogens with one attached hydrogen (secondary N) is 1. The maximum absolute atomic E-state index is 12.5. The molecule has 0 bridgehead atoms. The van der Waals surface area contributed by atoms with Gasteiger partial charge in [-0.3, -0.25) is 14.9 Å². The molecule has 0 saturated carbocycles. The Kier molecular flexibility index (Phi) is 4.77. The molecule has 2 rings (SSSR count). The third kappa shape index (κ3) is 3.07. The second-order valence-electron chi connectivity index (χ2n) is 4.97. The van der Waals surface area contributed by atoms with Crippen LogP contribution in [-0.2, 0) is 6.42 Å². The minimum atomic E-state index is -0.517. The lowest BCUT2D eigenvalue weighted by molar-refractivity contribution is -0.385. The quantitative estimate of drug-likeness (QED) is 0.678. The van der Waals surface area contributed by atoms with Gasteiger partial charge in [-0.1, -0.05) is 13.0 Å². The first-order valence-electron chi connectivity index (χ1n) is 6.98. The Labute approximate surface area is 137 Å². The molecule has 0 saturated heterocycles. The van der Waals surface area contributed by atoms with Gasteiger partial charge in [-0.25, -0.2) is 0 Å². The highest BCUT2D eigenvalue weighted by molar-refractivity contribution is 7.16. The first-order chi connectivity index (χ1) is 10.9. The number of rotatable bonds is 4. The first-order valence-corrected chi connectivity index (χ1v) is 7.80. The summed E-state index contributed by atoms with van der Waals surface area (Å²) in [6, 6.07) is 6.49. The lowest BCUT2D eigenvalue weighted by Crippen LogP contribution is -2.14. The van der Waals surface area contributed by atoms with Crippen LogP contribution in [0, 0.1) is 35.3 Å². The summed E-state index contributed by atoms with van der Waals surface area (Å²) in [6.07, 6.45) is 0.705. The van der Waals surface area contributed by atoms with Crippen molar-refractivity contribution in [2.24, 2.45) is 0 Å². The fraction of sp³-hybridized carbons (Fsp3) is 0.250. The standard InChI is InChI=1S/C16H15N3O3S/c1-4-11-10(3)23-16(13(11)8-17)18-15(20)12-6-5-7-14(9(12)2)19(21)22/h5-7H,4H2,1-3H3,(H,18,20). The van der Waals surface area contributed by atoms with Crippen molar-refractivity contribution in [2.75, 3.05) is 5.32 Å². The Hall–Kier alpha value is -2.72. The maximum atomic E-state index is 12.5. The van der Waals surface area contributed by atoms with Gasteiger partial charge < -0.3 is 5.32 Å². The molecule has 0 spiro atoms. The van der Waals surface area contributed by atoms with Crippen LogP contribution in [0.2, 0.25) is 0 Å². The molecule has 0 aliphatic carbocycles. The van der Waals surface area contributed by atoms with Crippen LogP contribution >= 0.6 is 11.3 Å². The molecule has 2 aromatic rings. The molecule has 0 atom stereocenters. The highest BCUT2D eigenvalue weighted by Gasteiger charge is 2.21. The molecule has 118 valence electrons. The van der Waals surface area contributed by atoms with Gasteiger partial charge in [-0.05, 0) is 31.9 Å². The number of hydrogen-bond donors (Lipinski definition) is 1. The van der Waals surface area contributed by atoms with Gasteiger partial charge in [-0.2, -0.15) is 5.26 Å². The zero-order valence-electron chi connectivity index (χ0n) is 13.0. The van der Waals surface area contributed by atoms with Crippen LogP contribution in [0.5, 0.6) is 0 Å². The van der Waals surface area contributed by atoms with Gasteiger partial charge in [0, 0.05) is 22.1 Å². The highest BCUT2D eigenvalue weighted by atomic mass is 32.1. The van der Waals surface area contributed by atoms with Crippen molar-refractivity contribution in [1.82, 2.24) is 0 Å². The van der Waals surface area contributed by atoms with Crippen LogP contribution in [0.25, 0.3) is 0 Å². The molecule has 0 aliphatic heterocycles. The average Bonchev–Trinajstić information content (AvgIpc) is 2.81.